The molecule has 0 saturated heterocycles. The van der Waals surface area contributed by atoms with Gasteiger partial charge in [-0.2, -0.15) is 0 Å². The van der Waals surface area contributed by atoms with E-state index in [2.05, 4.69) is 21.2 Å². The minimum absolute atomic E-state index is 0.0709. The number of aryl methyl sites for hydroxylation is 1. The number of amides is 2. The van der Waals surface area contributed by atoms with Gasteiger partial charge in [-0.1, -0.05) is 18.2 Å². The monoisotopic (exact) mass is 399 g/mol. The lowest BCUT2D eigenvalue weighted by atomic mass is 10.2. The van der Waals surface area contributed by atoms with Gasteiger partial charge < -0.3 is 10.1 Å². The number of anilines is 1. The van der Waals surface area contributed by atoms with Gasteiger partial charge in [0.1, 0.15) is 23.6 Å². The van der Waals surface area contributed by atoms with Crippen molar-refractivity contribution in [1.82, 2.24) is 20.4 Å². The number of carbonyl (C=O) groups is 3. The molecule has 10 heteroatoms. The van der Waals surface area contributed by atoms with Gasteiger partial charge in [0.15, 0.2) is 0 Å². The zero-order valence-corrected chi connectivity index (χ0v) is 16.0. The molecule has 2 amide bonds. The fourth-order valence-corrected chi connectivity index (χ4v) is 3.05. The molecule has 2 heterocycles. The Kier molecular flexibility index (Phi) is 5.91. The Morgan fingerprint density at radius 1 is 1.21 bits per heavy atom. The number of rotatable bonds is 5. The quantitative estimate of drug-likeness (QED) is 0.482. The average Bonchev–Trinajstić information content (AvgIpc) is 3.18. The summed E-state index contributed by atoms with van der Waals surface area (Å²) in [4.78, 5) is 53.1. The minimum atomic E-state index is -0.850. The van der Waals surface area contributed by atoms with Gasteiger partial charge >= 0.3 is 5.97 Å². The first-order chi connectivity index (χ1) is 13.9. The highest BCUT2D eigenvalue weighted by Crippen LogP contribution is 2.24. The van der Waals surface area contributed by atoms with E-state index in [9.17, 15) is 19.2 Å². The minimum Gasteiger partial charge on any atom is -0.467 e. The number of carbonyl (C=O) groups excluding carboxylic acids is 3. The highest BCUT2D eigenvalue weighted by atomic mass is 16.5. The number of esters is 1. The lowest BCUT2D eigenvalue weighted by molar-refractivity contribution is -0.144. The normalized spacial score (nSPS) is 15.7. The fraction of sp³-hybridized carbons (Fsp3) is 0.316. The number of methoxy groups -OCH3 is 1. The third kappa shape index (κ3) is 4.26. The van der Waals surface area contributed by atoms with Gasteiger partial charge in [-0.3, -0.25) is 29.8 Å². The molecule has 29 heavy (non-hydrogen) atoms. The van der Waals surface area contributed by atoms with Crippen LogP contribution in [0.4, 0.5) is 5.69 Å². The summed E-state index contributed by atoms with van der Waals surface area (Å²) in [6.07, 6.45) is 2.25. The van der Waals surface area contributed by atoms with Crippen molar-refractivity contribution in [1.29, 1.82) is 0 Å². The van der Waals surface area contributed by atoms with E-state index in [1.807, 2.05) is 0 Å². The van der Waals surface area contributed by atoms with Crippen LogP contribution in [-0.4, -0.2) is 40.5 Å². The summed E-state index contributed by atoms with van der Waals surface area (Å²) in [5.41, 5.74) is 4.62. The summed E-state index contributed by atoms with van der Waals surface area (Å²) < 4.78 is 6.03. The number of hydrogen-bond donors (Lipinski definition) is 3. The molecule has 0 fully saturated rings. The maximum atomic E-state index is 12.8. The van der Waals surface area contributed by atoms with Gasteiger partial charge in [-0.15, -0.1) is 0 Å². The first-order valence-electron chi connectivity index (χ1n) is 9.02. The fourth-order valence-electron chi connectivity index (χ4n) is 3.05. The Hall–Kier alpha value is -3.69. The van der Waals surface area contributed by atoms with Crippen molar-refractivity contribution in [2.24, 2.45) is 0 Å². The van der Waals surface area contributed by atoms with Crippen molar-refractivity contribution in [2.45, 2.75) is 31.8 Å². The summed E-state index contributed by atoms with van der Waals surface area (Å²) in [6, 6.07) is 6.82. The molecule has 0 bridgehead atoms. The van der Waals surface area contributed by atoms with Crippen LogP contribution in [0.2, 0.25) is 0 Å². The molecule has 3 N–H and O–H groups in total. The van der Waals surface area contributed by atoms with Crippen LogP contribution in [0.3, 0.4) is 0 Å². The van der Waals surface area contributed by atoms with Crippen LogP contribution < -0.4 is 21.7 Å². The highest BCUT2D eigenvalue weighted by Gasteiger charge is 2.32. The highest BCUT2D eigenvalue weighted by molar-refractivity contribution is 5.96. The summed E-state index contributed by atoms with van der Waals surface area (Å²) in [5, 5.41) is 2.77. The van der Waals surface area contributed by atoms with E-state index >= 15 is 0 Å². The summed E-state index contributed by atoms with van der Waals surface area (Å²) in [5.74, 6) is -1.04. The molecule has 1 aliphatic rings. The Bertz CT molecular complexity index is 988. The maximum absolute atomic E-state index is 12.8. The number of nitrogens with zero attached hydrogens (tertiary/aromatic N) is 2. The van der Waals surface area contributed by atoms with Crippen LogP contribution in [0.1, 0.15) is 35.6 Å². The van der Waals surface area contributed by atoms with Gasteiger partial charge in [0.05, 0.1) is 13.3 Å². The number of aromatic nitrogens is 2. The summed E-state index contributed by atoms with van der Waals surface area (Å²) in [6.45, 7) is 1.53. The first-order valence-corrected chi connectivity index (χ1v) is 9.02. The van der Waals surface area contributed by atoms with Crippen molar-refractivity contribution >= 4 is 23.5 Å². The molecular weight excluding hydrogens is 378 g/mol. The van der Waals surface area contributed by atoms with Crippen LogP contribution in [0.25, 0.3) is 0 Å². The van der Waals surface area contributed by atoms with E-state index in [-0.39, 0.29) is 5.69 Å². The van der Waals surface area contributed by atoms with Crippen LogP contribution in [-0.2, 0) is 20.7 Å². The van der Waals surface area contributed by atoms with E-state index in [1.165, 1.54) is 24.8 Å². The van der Waals surface area contributed by atoms with E-state index < -0.39 is 35.4 Å². The summed E-state index contributed by atoms with van der Waals surface area (Å²) >= 11 is 0. The largest absolute Gasteiger partial charge is 0.467 e. The molecule has 0 spiro atoms. The molecule has 152 valence electrons. The molecule has 1 aliphatic heterocycles. The predicted molar refractivity (Wildman–Crippen MR) is 103 cm³/mol. The Morgan fingerprint density at radius 3 is 2.62 bits per heavy atom. The maximum Gasteiger partial charge on any atom is 0.329 e. The molecule has 0 unspecified atom stereocenters. The second kappa shape index (κ2) is 8.55. The van der Waals surface area contributed by atoms with E-state index in [0.717, 1.165) is 0 Å². The molecule has 1 aromatic heterocycles. The smallest absolute Gasteiger partial charge is 0.329 e. The third-order valence-electron chi connectivity index (χ3n) is 4.60. The molecule has 0 saturated carbocycles. The van der Waals surface area contributed by atoms with Crippen molar-refractivity contribution in [3.05, 3.63) is 58.3 Å². The third-order valence-corrected chi connectivity index (χ3v) is 4.60. The number of fused-ring (bicyclic) bond motifs is 1. The number of hydrogen-bond acceptors (Lipinski definition) is 7. The van der Waals surface area contributed by atoms with E-state index in [0.29, 0.717) is 24.2 Å². The van der Waals surface area contributed by atoms with Gasteiger partial charge in [0.25, 0.3) is 17.4 Å². The van der Waals surface area contributed by atoms with Crippen LogP contribution in [0.15, 0.2) is 41.3 Å². The number of hydrazine groups is 1. The van der Waals surface area contributed by atoms with Crippen molar-refractivity contribution in [3.63, 3.8) is 0 Å². The first kappa shape index (κ1) is 20.1. The van der Waals surface area contributed by atoms with Gasteiger partial charge in [0, 0.05) is 12.0 Å². The molecule has 2 aromatic rings. The lowest BCUT2D eigenvalue weighted by Gasteiger charge is -2.17. The molecular formula is C19H21N5O5. The second-order valence-electron chi connectivity index (χ2n) is 6.52. The number of nitrogens with one attached hydrogen (secondary N) is 3. The van der Waals surface area contributed by atoms with Gasteiger partial charge in [-0.25, -0.2) is 9.78 Å². The molecule has 2 atom stereocenters. The summed E-state index contributed by atoms with van der Waals surface area (Å²) in [7, 11) is 1.26. The van der Waals surface area contributed by atoms with Crippen LogP contribution >= 0.6 is 0 Å². The van der Waals surface area contributed by atoms with E-state index in [1.54, 1.807) is 30.3 Å². The van der Waals surface area contributed by atoms with E-state index in [4.69, 9.17) is 4.74 Å². The average molecular weight is 399 g/mol. The van der Waals surface area contributed by atoms with Gasteiger partial charge in [0.2, 0.25) is 0 Å². The molecule has 1 aromatic carbocycles. The standard InChI is InChI=1S/C19H21N5O5/c1-11(16(25)22-23-17(26)12-6-4-3-5-7-12)21-13-10-20-15-9-8-14(19(28)29-2)24(15)18(13)27/h3-7,10-11,14,21H,8-9H2,1-2H3,(H,22,25)(H,23,26)/t11-,14+/m1/s1. The van der Waals surface area contributed by atoms with Crippen molar-refractivity contribution in [3.8, 4) is 0 Å². The van der Waals surface area contributed by atoms with Crippen LogP contribution in [0.5, 0.6) is 0 Å². The zero-order valence-electron chi connectivity index (χ0n) is 16.0. The zero-order chi connectivity index (χ0) is 21.0. The van der Waals surface area contributed by atoms with Crippen molar-refractivity contribution < 1.29 is 19.1 Å². The number of ether oxygens (including phenoxy) is 1. The molecule has 3 rings (SSSR count). The number of benzene rings is 1. The van der Waals surface area contributed by atoms with Gasteiger partial charge in [-0.05, 0) is 25.5 Å². The topological polar surface area (TPSA) is 131 Å². The molecule has 0 aliphatic carbocycles. The Labute approximate surface area is 166 Å². The second-order valence-corrected chi connectivity index (χ2v) is 6.52. The molecule has 0 radical (unpaired) electrons. The van der Waals surface area contributed by atoms with Crippen molar-refractivity contribution in [2.75, 3.05) is 12.4 Å². The Balaban J connectivity index is 1.66. The predicted octanol–water partition coefficient (Wildman–Crippen LogP) is 0.165. The van der Waals surface area contributed by atoms with Crippen LogP contribution in [0, 0.1) is 0 Å². The lowest BCUT2D eigenvalue weighted by Crippen LogP contribution is -2.48. The Morgan fingerprint density at radius 2 is 1.93 bits per heavy atom. The molecule has 10 nitrogen and oxygen atoms in total. The SMILES string of the molecule is COC(=O)[C@@H]1CCc2ncc(N[C@H](C)C(=O)NNC(=O)c3ccccc3)c(=O)n21.